The topological polar surface area (TPSA) is 63.6 Å². The summed E-state index contributed by atoms with van der Waals surface area (Å²) in [5.41, 5.74) is 1.98. The molecule has 4 atom stereocenters. The Hall–Kier alpha value is -2.62. The zero-order valence-electron chi connectivity index (χ0n) is 14.9. The van der Waals surface area contributed by atoms with Gasteiger partial charge in [-0.15, -0.1) is 0 Å². The Morgan fingerprint density at radius 1 is 0.885 bits per heavy atom. The number of hydrogen-bond donors (Lipinski definition) is 1. The highest BCUT2D eigenvalue weighted by Gasteiger charge is 2.48. The van der Waals surface area contributed by atoms with Crippen LogP contribution in [0.2, 0.25) is 0 Å². The van der Waals surface area contributed by atoms with E-state index in [1.54, 1.807) is 6.92 Å². The maximum Gasteiger partial charge on any atom is 0.310 e. The third-order valence-corrected chi connectivity index (χ3v) is 5.34. The summed E-state index contributed by atoms with van der Waals surface area (Å²) >= 11 is 0. The Labute approximate surface area is 153 Å². The van der Waals surface area contributed by atoms with Crippen LogP contribution >= 0.6 is 0 Å². The highest BCUT2D eigenvalue weighted by atomic mass is 16.5. The van der Waals surface area contributed by atoms with E-state index in [1.807, 2.05) is 60.7 Å². The molecule has 0 amide bonds. The Kier molecular flexibility index (Phi) is 5.71. The van der Waals surface area contributed by atoms with Gasteiger partial charge >= 0.3 is 11.9 Å². The molecule has 3 rings (SSSR count). The van der Waals surface area contributed by atoms with Gasteiger partial charge in [0.2, 0.25) is 0 Å². The van der Waals surface area contributed by atoms with Gasteiger partial charge in [-0.1, -0.05) is 60.7 Å². The molecule has 0 bridgehead atoms. The van der Waals surface area contributed by atoms with Crippen molar-refractivity contribution in [2.45, 2.75) is 31.6 Å². The molecule has 136 valence electrons. The predicted octanol–water partition coefficient (Wildman–Crippen LogP) is 4.23. The molecular formula is C22H24O4. The van der Waals surface area contributed by atoms with Crippen LogP contribution in [0.5, 0.6) is 0 Å². The molecule has 2 aromatic rings. The van der Waals surface area contributed by atoms with Crippen molar-refractivity contribution in [3.05, 3.63) is 71.8 Å². The van der Waals surface area contributed by atoms with Gasteiger partial charge in [0, 0.05) is 0 Å². The number of carboxylic acid groups (broad SMARTS) is 1. The molecule has 0 aromatic heterocycles. The van der Waals surface area contributed by atoms with Gasteiger partial charge in [0.1, 0.15) is 0 Å². The lowest BCUT2D eigenvalue weighted by Gasteiger charge is -2.40. The lowest BCUT2D eigenvalue weighted by molar-refractivity contribution is -0.161. The second-order valence-corrected chi connectivity index (χ2v) is 6.75. The molecule has 4 nitrogen and oxygen atoms in total. The van der Waals surface area contributed by atoms with Crippen molar-refractivity contribution in [3.8, 4) is 0 Å². The standard InChI is InChI=1S/C22H24O4/c1-2-26-22(25)20-18(16-11-7-4-8-12-16)14-13-17(19(20)21(23)24)15-9-5-3-6-10-15/h3-12,17-20H,2,13-14H2,1H3,(H,23,24)/t17-,18+,19-,20-/m1/s1. The molecule has 26 heavy (non-hydrogen) atoms. The summed E-state index contributed by atoms with van der Waals surface area (Å²) in [6, 6.07) is 19.4. The van der Waals surface area contributed by atoms with Crippen molar-refractivity contribution in [1.29, 1.82) is 0 Å². The van der Waals surface area contributed by atoms with Gasteiger partial charge in [-0.25, -0.2) is 0 Å². The van der Waals surface area contributed by atoms with Gasteiger partial charge in [-0.3, -0.25) is 9.59 Å². The van der Waals surface area contributed by atoms with Crippen LogP contribution in [-0.4, -0.2) is 23.7 Å². The van der Waals surface area contributed by atoms with E-state index in [0.717, 1.165) is 24.0 Å². The third kappa shape index (κ3) is 3.64. The zero-order valence-corrected chi connectivity index (χ0v) is 14.9. The first-order valence-electron chi connectivity index (χ1n) is 9.12. The highest BCUT2D eigenvalue weighted by Crippen LogP contribution is 2.48. The lowest BCUT2D eigenvalue weighted by Crippen LogP contribution is -2.42. The summed E-state index contributed by atoms with van der Waals surface area (Å²) in [6.45, 7) is 2.00. The molecule has 0 heterocycles. The third-order valence-electron chi connectivity index (χ3n) is 5.34. The van der Waals surface area contributed by atoms with Crippen molar-refractivity contribution in [3.63, 3.8) is 0 Å². The van der Waals surface area contributed by atoms with Crippen molar-refractivity contribution >= 4 is 11.9 Å². The fourth-order valence-electron chi connectivity index (χ4n) is 4.24. The molecule has 1 saturated carbocycles. The second kappa shape index (κ2) is 8.17. The van der Waals surface area contributed by atoms with E-state index in [4.69, 9.17) is 4.74 Å². The fraction of sp³-hybridized carbons (Fsp3) is 0.364. The van der Waals surface area contributed by atoms with Gasteiger partial charge in [-0.2, -0.15) is 0 Å². The van der Waals surface area contributed by atoms with E-state index in [2.05, 4.69) is 0 Å². The first kappa shape index (κ1) is 18.2. The van der Waals surface area contributed by atoms with Crippen LogP contribution in [-0.2, 0) is 14.3 Å². The number of hydrogen-bond acceptors (Lipinski definition) is 3. The maximum atomic E-state index is 12.8. The number of esters is 1. The van der Waals surface area contributed by atoms with Crippen molar-refractivity contribution in [2.24, 2.45) is 11.8 Å². The van der Waals surface area contributed by atoms with Crippen LogP contribution < -0.4 is 0 Å². The Morgan fingerprint density at radius 3 is 1.77 bits per heavy atom. The van der Waals surface area contributed by atoms with Crippen molar-refractivity contribution < 1.29 is 19.4 Å². The first-order valence-corrected chi connectivity index (χ1v) is 9.12. The summed E-state index contributed by atoms with van der Waals surface area (Å²) in [5, 5.41) is 10.0. The summed E-state index contributed by atoms with van der Waals surface area (Å²) in [7, 11) is 0. The Morgan fingerprint density at radius 2 is 1.35 bits per heavy atom. The molecule has 1 N–H and O–H groups in total. The van der Waals surface area contributed by atoms with E-state index in [9.17, 15) is 14.7 Å². The molecule has 0 aliphatic heterocycles. The van der Waals surface area contributed by atoms with E-state index in [1.165, 1.54) is 0 Å². The average Bonchev–Trinajstić information content (AvgIpc) is 2.68. The molecule has 1 aliphatic carbocycles. The largest absolute Gasteiger partial charge is 0.481 e. The number of rotatable bonds is 5. The van der Waals surface area contributed by atoms with E-state index < -0.39 is 23.8 Å². The second-order valence-electron chi connectivity index (χ2n) is 6.75. The summed E-state index contributed by atoms with van der Waals surface area (Å²) in [6.07, 6.45) is 1.49. The smallest absolute Gasteiger partial charge is 0.310 e. The van der Waals surface area contributed by atoms with Gasteiger partial charge < -0.3 is 9.84 Å². The van der Waals surface area contributed by atoms with E-state index in [0.29, 0.717) is 0 Å². The molecule has 2 aromatic carbocycles. The normalized spacial score (nSPS) is 25.4. The molecule has 0 unspecified atom stereocenters. The van der Waals surface area contributed by atoms with E-state index >= 15 is 0 Å². The van der Waals surface area contributed by atoms with Crippen LogP contribution in [0.4, 0.5) is 0 Å². The number of carboxylic acids is 1. The Bertz CT molecular complexity index is 741. The maximum absolute atomic E-state index is 12.8. The monoisotopic (exact) mass is 352 g/mol. The Balaban J connectivity index is 2.03. The molecule has 0 spiro atoms. The van der Waals surface area contributed by atoms with Gasteiger partial charge in [-0.05, 0) is 42.7 Å². The highest BCUT2D eigenvalue weighted by molar-refractivity contribution is 5.83. The predicted molar refractivity (Wildman–Crippen MR) is 98.8 cm³/mol. The number of carbonyl (C=O) groups excluding carboxylic acids is 1. The fourth-order valence-corrected chi connectivity index (χ4v) is 4.24. The minimum absolute atomic E-state index is 0.142. The number of carbonyl (C=O) groups is 2. The van der Waals surface area contributed by atoms with Gasteiger partial charge in [0.15, 0.2) is 0 Å². The van der Waals surface area contributed by atoms with Gasteiger partial charge in [0.05, 0.1) is 18.4 Å². The number of ether oxygens (including phenoxy) is 1. The quantitative estimate of drug-likeness (QED) is 0.818. The van der Waals surface area contributed by atoms with Crippen molar-refractivity contribution in [1.82, 2.24) is 0 Å². The SMILES string of the molecule is CCOC(=O)[C@H]1[C@H](C(=O)O)[C@@H](c2ccccc2)CC[C@H]1c1ccccc1. The van der Waals surface area contributed by atoms with E-state index in [-0.39, 0.29) is 18.4 Å². The lowest BCUT2D eigenvalue weighted by atomic mass is 9.63. The molecule has 0 radical (unpaired) electrons. The molecule has 4 heteroatoms. The number of benzene rings is 2. The van der Waals surface area contributed by atoms with Crippen LogP contribution in [0.1, 0.15) is 42.7 Å². The van der Waals surface area contributed by atoms with Crippen molar-refractivity contribution in [2.75, 3.05) is 6.61 Å². The molecule has 1 fully saturated rings. The number of aliphatic carboxylic acids is 1. The molecule has 0 saturated heterocycles. The first-order chi connectivity index (χ1) is 12.6. The minimum atomic E-state index is -0.933. The summed E-state index contributed by atoms with van der Waals surface area (Å²) in [5.74, 6) is -3.16. The summed E-state index contributed by atoms with van der Waals surface area (Å²) < 4.78 is 5.30. The molecule has 1 aliphatic rings. The molecular weight excluding hydrogens is 328 g/mol. The average molecular weight is 352 g/mol. The van der Waals surface area contributed by atoms with Gasteiger partial charge in [0.25, 0.3) is 0 Å². The van der Waals surface area contributed by atoms with Crippen LogP contribution in [0.25, 0.3) is 0 Å². The van der Waals surface area contributed by atoms with Crippen LogP contribution in [0.3, 0.4) is 0 Å². The minimum Gasteiger partial charge on any atom is -0.481 e. The zero-order chi connectivity index (χ0) is 18.5. The van der Waals surface area contributed by atoms with Crippen LogP contribution in [0.15, 0.2) is 60.7 Å². The summed E-state index contributed by atoms with van der Waals surface area (Å²) in [4.78, 5) is 25.0. The van der Waals surface area contributed by atoms with Crippen LogP contribution in [0, 0.1) is 11.8 Å².